The average Bonchev–Trinajstić information content (AvgIpc) is 2.28. The third kappa shape index (κ3) is 3.92. The van der Waals surface area contributed by atoms with Crippen LogP contribution < -0.4 is 10.6 Å². The molecule has 0 fully saturated rings. The maximum absolute atomic E-state index is 11.4. The van der Waals surface area contributed by atoms with Gasteiger partial charge < -0.3 is 15.7 Å². The lowest BCUT2D eigenvalue weighted by atomic mass is 10.2. The van der Waals surface area contributed by atoms with Crippen molar-refractivity contribution in [3.8, 4) is 0 Å². The molecule has 3 N–H and O–H groups in total. The first-order valence-electron chi connectivity index (χ1n) is 4.73. The molecule has 0 saturated heterocycles. The van der Waals surface area contributed by atoms with Crippen LogP contribution in [0.4, 0.5) is 10.5 Å². The van der Waals surface area contributed by atoms with E-state index in [1.54, 1.807) is 6.07 Å². The maximum atomic E-state index is 11.4. The summed E-state index contributed by atoms with van der Waals surface area (Å²) in [6.45, 7) is 3.76. The summed E-state index contributed by atoms with van der Waals surface area (Å²) in [6.07, 6.45) is 1.53. The van der Waals surface area contributed by atoms with Gasteiger partial charge in [-0.1, -0.05) is 22.0 Å². The van der Waals surface area contributed by atoms with Gasteiger partial charge in [-0.15, -0.1) is 6.58 Å². The molecule has 0 atom stereocenters. The second-order valence-corrected chi connectivity index (χ2v) is 4.03. The first-order valence-corrected chi connectivity index (χ1v) is 5.52. The zero-order valence-electron chi connectivity index (χ0n) is 8.87. The number of carboxylic acids is 1. The number of anilines is 1. The van der Waals surface area contributed by atoms with Crippen molar-refractivity contribution in [3.05, 3.63) is 40.9 Å². The second kappa shape index (κ2) is 6.05. The Labute approximate surface area is 107 Å². The Morgan fingerprint density at radius 3 is 2.76 bits per heavy atom. The molecule has 90 valence electrons. The van der Waals surface area contributed by atoms with E-state index in [2.05, 4.69) is 33.1 Å². The fourth-order valence-electron chi connectivity index (χ4n) is 1.13. The minimum atomic E-state index is -1.11. The predicted molar refractivity (Wildman–Crippen MR) is 68.3 cm³/mol. The topological polar surface area (TPSA) is 78.4 Å². The van der Waals surface area contributed by atoms with Crippen LogP contribution in [0.2, 0.25) is 0 Å². The molecule has 0 radical (unpaired) electrons. The lowest BCUT2D eigenvalue weighted by molar-refractivity contribution is 0.0698. The largest absolute Gasteiger partial charge is 0.478 e. The summed E-state index contributed by atoms with van der Waals surface area (Å²) < 4.78 is 0.631. The Hall–Kier alpha value is -1.82. The molecule has 2 amide bonds. The standard InChI is InChI=1S/C11H11BrN2O3/c1-2-5-13-11(17)14-9-4-3-7(12)6-8(9)10(15)16/h2-4,6H,1,5H2,(H,15,16)(H2,13,14,17). The van der Waals surface area contributed by atoms with Crippen LogP contribution in [0, 0.1) is 0 Å². The van der Waals surface area contributed by atoms with Crippen molar-refractivity contribution in [1.82, 2.24) is 5.32 Å². The van der Waals surface area contributed by atoms with Crippen LogP contribution in [0.3, 0.4) is 0 Å². The second-order valence-electron chi connectivity index (χ2n) is 3.12. The zero-order chi connectivity index (χ0) is 12.8. The number of hydrogen-bond donors (Lipinski definition) is 3. The highest BCUT2D eigenvalue weighted by Crippen LogP contribution is 2.20. The normalized spacial score (nSPS) is 9.47. The van der Waals surface area contributed by atoms with E-state index in [9.17, 15) is 9.59 Å². The van der Waals surface area contributed by atoms with Crippen LogP contribution in [-0.2, 0) is 0 Å². The van der Waals surface area contributed by atoms with Gasteiger partial charge in [0.1, 0.15) is 0 Å². The Balaban J connectivity index is 2.86. The molecule has 0 aliphatic rings. The lowest BCUT2D eigenvalue weighted by Gasteiger charge is -2.09. The molecule has 0 aliphatic carbocycles. The van der Waals surface area contributed by atoms with Crippen LogP contribution in [0.1, 0.15) is 10.4 Å². The highest BCUT2D eigenvalue weighted by Gasteiger charge is 2.12. The van der Waals surface area contributed by atoms with Crippen molar-refractivity contribution in [2.45, 2.75) is 0 Å². The molecule has 0 aliphatic heterocycles. The minimum Gasteiger partial charge on any atom is -0.478 e. The summed E-state index contributed by atoms with van der Waals surface area (Å²) in [7, 11) is 0. The first-order chi connectivity index (χ1) is 8.04. The van der Waals surface area contributed by atoms with Crippen molar-refractivity contribution in [3.63, 3.8) is 0 Å². The zero-order valence-corrected chi connectivity index (χ0v) is 10.5. The number of carbonyl (C=O) groups excluding carboxylic acids is 1. The maximum Gasteiger partial charge on any atom is 0.337 e. The van der Waals surface area contributed by atoms with E-state index in [1.165, 1.54) is 18.2 Å². The van der Waals surface area contributed by atoms with Gasteiger partial charge in [0.25, 0.3) is 0 Å². The Kier molecular flexibility index (Phi) is 4.71. The van der Waals surface area contributed by atoms with Crippen molar-refractivity contribution in [2.24, 2.45) is 0 Å². The van der Waals surface area contributed by atoms with Crippen LogP contribution in [0.5, 0.6) is 0 Å². The van der Waals surface area contributed by atoms with Gasteiger partial charge in [-0.2, -0.15) is 0 Å². The molecule has 0 aromatic heterocycles. The molecule has 0 bridgehead atoms. The molecule has 0 saturated carbocycles. The molecule has 6 heteroatoms. The van der Waals surface area contributed by atoms with Crippen molar-refractivity contribution in [2.75, 3.05) is 11.9 Å². The summed E-state index contributed by atoms with van der Waals surface area (Å²) in [4.78, 5) is 22.3. The van der Waals surface area contributed by atoms with Crippen LogP contribution in [0.15, 0.2) is 35.3 Å². The third-order valence-electron chi connectivity index (χ3n) is 1.87. The predicted octanol–water partition coefficient (Wildman–Crippen LogP) is 2.45. The van der Waals surface area contributed by atoms with Gasteiger partial charge in [-0.05, 0) is 18.2 Å². The van der Waals surface area contributed by atoms with E-state index in [-0.39, 0.29) is 11.3 Å². The van der Waals surface area contributed by atoms with Gasteiger partial charge in [0.05, 0.1) is 11.3 Å². The number of carbonyl (C=O) groups is 2. The first kappa shape index (κ1) is 13.2. The van der Waals surface area contributed by atoms with Gasteiger partial charge in [0.15, 0.2) is 0 Å². The van der Waals surface area contributed by atoms with Gasteiger partial charge >= 0.3 is 12.0 Å². The van der Waals surface area contributed by atoms with E-state index in [0.717, 1.165) is 0 Å². The molecular weight excluding hydrogens is 288 g/mol. The summed E-state index contributed by atoms with van der Waals surface area (Å²) in [5, 5.41) is 13.9. The number of carboxylic acid groups (broad SMARTS) is 1. The van der Waals surface area contributed by atoms with Gasteiger partial charge in [0, 0.05) is 11.0 Å². The van der Waals surface area contributed by atoms with E-state index in [0.29, 0.717) is 11.0 Å². The summed E-state index contributed by atoms with van der Waals surface area (Å²) in [6, 6.07) is 4.11. The molecule has 1 aromatic rings. The molecular formula is C11H11BrN2O3. The lowest BCUT2D eigenvalue weighted by Crippen LogP contribution is -2.29. The van der Waals surface area contributed by atoms with Crippen molar-refractivity contribution in [1.29, 1.82) is 0 Å². The SMILES string of the molecule is C=CCNC(=O)Nc1ccc(Br)cc1C(=O)O. The number of amides is 2. The van der Waals surface area contributed by atoms with E-state index >= 15 is 0 Å². The molecule has 0 heterocycles. The Bertz CT molecular complexity index is 460. The van der Waals surface area contributed by atoms with Gasteiger partial charge in [0.2, 0.25) is 0 Å². The number of rotatable bonds is 4. The monoisotopic (exact) mass is 298 g/mol. The highest BCUT2D eigenvalue weighted by molar-refractivity contribution is 9.10. The minimum absolute atomic E-state index is 0.0214. The smallest absolute Gasteiger partial charge is 0.337 e. The van der Waals surface area contributed by atoms with E-state index in [1.807, 2.05) is 0 Å². The molecule has 17 heavy (non-hydrogen) atoms. The Morgan fingerprint density at radius 1 is 1.47 bits per heavy atom. The number of nitrogens with one attached hydrogen (secondary N) is 2. The summed E-state index contributed by atoms with van der Waals surface area (Å²) >= 11 is 3.17. The number of aromatic carboxylic acids is 1. The van der Waals surface area contributed by atoms with Gasteiger partial charge in [-0.3, -0.25) is 0 Å². The van der Waals surface area contributed by atoms with E-state index in [4.69, 9.17) is 5.11 Å². The summed E-state index contributed by atoms with van der Waals surface area (Å²) in [5.41, 5.74) is 0.260. The average molecular weight is 299 g/mol. The van der Waals surface area contributed by atoms with Gasteiger partial charge in [-0.25, -0.2) is 9.59 Å². The molecule has 1 rings (SSSR count). The van der Waals surface area contributed by atoms with Crippen molar-refractivity contribution >= 4 is 33.6 Å². The number of hydrogen-bond acceptors (Lipinski definition) is 2. The Morgan fingerprint density at radius 2 is 2.18 bits per heavy atom. The van der Waals surface area contributed by atoms with Crippen LogP contribution >= 0.6 is 15.9 Å². The quantitative estimate of drug-likeness (QED) is 0.747. The third-order valence-corrected chi connectivity index (χ3v) is 2.36. The highest BCUT2D eigenvalue weighted by atomic mass is 79.9. The van der Waals surface area contributed by atoms with Crippen LogP contribution in [0.25, 0.3) is 0 Å². The molecule has 5 nitrogen and oxygen atoms in total. The molecule has 0 unspecified atom stereocenters. The number of benzene rings is 1. The fraction of sp³-hybridized carbons (Fsp3) is 0.0909. The number of halogens is 1. The summed E-state index contributed by atoms with van der Waals surface area (Å²) in [5.74, 6) is -1.11. The molecule has 1 aromatic carbocycles. The van der Waals surface area contributed by atoms with Crippen LogP contribution in [-0.4, -0.2) is 23.7 Å². The van der Waals surface area contributed by atoms with E-state index < -0.39 is 12.0 Å². The molecule has 0 spiro atoms. The fourth-order valence-corrected chi connectivity index (χ4v) is 1.49. The van der Waals surface area contributed by atoms with Crippen molar-refractivity contribution < 1.29 is 14.7 Å². The number of urea groups is 1.